The normalized spacial score (nSPS) is 10.6. The summed E-state index contributed by atoms with van der Waals surface area (Å²) in [4.78, 5) is 0. The zero-order valence-electron chi connectivity index (χ0n) is 7.82. The minimum atomic E-state index is 0.661. The Balaban J connectivity index is 2.91. The van der Waals surface area contributed by atoms with Gasteiger partial charge >= 0.3 is 0 Å². The molecule has 0 radical (unpaired) electrons. The summed E-state index contributed by atoms with van der Waals surface area (Å²) in [6.45, 7) is 4.57. The fraction of sp³-hybridized carbons (Fsp3) is 0.300. The summed E-state index contributed by atoms with van der Waals surface area (Å²) in [6, 6.07) is 5.62. The van der Waals surface area contributed by atoms with Crippen LogP contribution >= 0.6 is 0 Å². The van der Waals surface area contributed by atoms with Gasteiger partial charge in [0.05, 0.1) is 12.8 Å². The van der Waals surface area contributed by atoms with E-state index in [4.69, 9.17) is 9.94 Å². The molecule has 0 aliphatic rings. The van der Waals surface area contributed by atoms with E-state index in [2.05, 4.69) is 5.16 Å². The quantitative estimate of drug-likeness (QED) is 0.439. The maximum Gasteiger partial charge on any atom is 0.122 e. The van der Waals surface area contributed by atoms with Crippen LogP contribution in [0.15, 0.2) is 23.4 Å². The highest BCUT2D eigenvalue weighted by molar-refractivity contribution is 5.79. The first-order valence-electron chi connectivity index (χ1n) is 4.18. The molecule has 0 heterocycles. The van der Waals surface area contributed by atoms with Crippen LogP contribution in [-0.4, -0.2) is 18.0 Å². The number of aryl methyl sites for hydroxylation is 1. The lowest BCUT2D eigenvalue weighted by Crippen LogP contribution is -1.94. The maximum atomic E-state index is 8.32. The number of hydrogen-bond acceptors (Lipinski definition) is 3. The van der Waals surface area contributed by atoms with Crippen LogP contribution in [0.2, 0.25) is 0 Å². The summed E-state index contributed by atoms with van der Waals surface area (Å²) in [5.41, 5.74) is 1.91. The molecule has 0 aromatic heterocycles. The molecule has 1 N–H and O–H groups in total. The van der Waals surface area contributed by atoms with Crippen molar-refractivity contribution in [2.24, 2.45) is 5.16 Å². The molecule has 3 nitrogen and oxygen atoms in total. The summed E-state index contributed by atoms with van der Waals surface area (Å²) >= 11 is 0. The van der Waals surface area contributed by atoms with Gasteiger partial charge in [-0.2, -0.15) is 0 Å². The monoisotopic (exact) mass is 179 g/mol. The Kier molecular flexibility index (Phi) is 3.31. The number of oxime groups is 1. The fourth-order valence-corrected chi connectivity index (χ4v) is 1.14. The van der Waals surface area contributed by atoms with Gasteiger partial charge in [-0.15, -0.1) is 0 Å². The van der Waals surface area contributed by atoms with Crippen molar-refractivity contribution in [2.75, 3.05) is 6.61 Å². The van der Waals surface area contributed by atoms with Gasteiger partial charge in [0, 0.05) is 0 Å². The Labute approximate surface area is 77.6 Å². The van der Waals surface area contributed by atoms with E-state index < -0.39 is 0 Å². The van der Waals surface area contributed by atoms with Crippen LogP contribution < -0.4 is 4.74 Å². The lowest BCUT2D eigenvalue weighted by molar-refractivity contribution is 0.321. The minimum Gasteiger partial charge on any atom is -0.494 e. The van der Waals surface area contributed by atoms with Gasteiger partial charge in [0.25, 0.3) is 0 Å². The predicted octanol–water partition coefficient (Wildman–Crippen LogP) is 2.20. The van der Waals surface area contributed by atoms with Crippen LogP contribution in [0.25, 0.3) is 0 Å². The van der Waals surface area contributed by atoms with Gasteiger partial charge < -0.3 is 9.94 Å². The van der Waals surface area contributed by atoms with E-state index in [1.54, 1.807) is 0 Å². The number of hydrogen-bond donors (Lipinski definition) is 1. The molecule has 0 spiro atoms. The van der Waals surface area contributed by atoms with E-state index >= 15 is 0 Å². The topological polar surface area (TPSA) is 41.8 Å². The van der Waals surface area contributed by atoms with Crippen LogP contribution in [-0.2, 0) is 0 Å². The minimum absolute atomic E-state index is 0.661. The van der Waals surface area contributed by atoms with Crippen molar-refractivity contribution in [3.05, 3.63) is 29.3 Å². The maximum absolute atomic E-state index is 8.32. The second-order valence-corrected chi connectivity index (χ2v) is 2.70. The highest BCUT2D eigenvalue weighted by Crippen LogP contribution is 2.18. The molecular weight excluding hydrogens is 166 g/mol. The van der Waals surface area contributed by atoms with Gasteiger partial charge in [0.1, 0.15) is 5.75 Å². The third kappa shape index (κ3) is 2.47. The standard InChI is InChI=1S/C10H13NO2/c1-3-13-10-5-4-9(7-11-12)6-8(10)2/h4-7,12H,3H2,1-2H3/b11-7+. The molecule has 1 aromatic rings. The molecule has 1 aromatic carbocycles. The van der Waals surface area contributed by atoms with Crippen LogP contribution in [0.3, 0.4) is 0 Å². The van der Waals surface area contributed by atoms with Gasteiger partial charge in [-0.05, 0) is 43.2 Å². The average Bonchev–Trinajstić information content (AvgIpc) is 2.10. The van der Waals surface area contributed by atoms with Crippen LogP contribution in [0.4, 0.5) is 0 Å². The Morgan fingerprint density at radius 3 is 2.85 bits per heavy atom. The summed E-state index contributed by atoms with van der Waals surface area (Å²) in [5.74, 6) is 0.873. The lowest BCUT2D eigenvalue weighted by atomic mass is 10.1. The smallest absolute Gasteiger partial charge is 0.122 e. The second kappa shape index (κ2) is 4.50. The van der Waals surface area contributed by atoms with Crippen molar-refractivity contribution in [3.63, 3.8) is 0 Å². The largest absolute Gasteiger partial charge is 0.494 e. The van der Waals surface area contributed by atoms with Crippen molar-refractivity contribution < 1.29 is 9.94 Å². The van der Waals surface area contributed by atoms with E-state index in [1.807, 2.05) is 32.0 Å². The molecule has 70 valence electrons. The van der Waals surface area contributed by atoms with Gasteiger partial charge in [0.15, 0.2) is 0 Å². The third-order valence-electron chi connectivity index (χ3n) is 1.71. The molecule has 0 bridgehead atoms. The molecular formula is C10H13NO2. The van der Waals surface area contributed by atoms with Crippen molar-refractivity contribution in [1.29, 1.82) is 0 Å². The van der Waals surface area contributed by atoms with E-state index in [-0.39, 0.29) is 0 Å². The molecule has 1 rings (SSSR count). The van der Waals surface area contributed by atoms with Crippen molar-refractivity contribution in [2.45, 2.75) is 13.8 Å². The van der Waals surface area contributed by atoms with Crippen molar-refractivity contribution in [3.8, 4) is 5.75 Å². The van der Waals surface area contributed by atoms with Crippen molar-refractivity contribution in [1.82, 2.24) is 0 Å². The van der Waals surface area contributed by atoms with E-state index in [9.17, 15) is 0 Å². The highest BCUT2D eigenvalue weighted by Gasteiger charge is 1.98. The molecule has 0 fully saturated rings. The van der Waals surface area contributed by atoms with Gasteiger partial charge in [-0.25, -0.2) is 0 Å². The Bertz CT molecular complexity index is 308. The molecule has 0 unspecified atom stereocenters. The third-order valence-corrected chi connectivity index (χ3v) is 1.71. The van der Waals surface area contributed by atoms with Gasteiger partial charge in [0.2, 0.25) is 0 Å². The predicted molar refractivity (Wildman–Crippen MR) is 51.7 cm³/mol. The molecule has 0 aliphatic carbocycles. The van der Waals surface area contributed by atoms with Crippen LogP contribution in [0.5, 0.6) is 5.75 Å². The second-order valence-electron chi connectivity index (χ2n) is 2.70. The van der Waals surface area contributed by atoms with Crippen LogP contribution in [0.1, 0.15) is 18.1 Å². The Morgan fingerprint density at radius 1 is 1.54 bits per heavy atom. The first-order valence-corrected chi connectivity index (χ1v) is 4.18. The summed E-state index contributed by atoms with van der Waals surface area (Å²) in [7, 11) is 0. The van der Waals surface area contributed by atoms with Crippen LogP contribution in [0, 0.1) is 6.92 Å². The van der Waals surface area contributed by atoms with E-state index in [1.165, 1.54) is 6.21 Å². The first kappa shape index (κ1) is 9.58. The molecule has 3 heteroatoms. The van der Waals surface area contributed by atoms with Crippen molar-refractivity contribution >= 4 is 6.21 Å². The summed E-state index contributed by atoms with van der Waals surface area (Å²) in [5, 5.41) is 11.3. The fourth-order valence-electron chi connectivity index (χ4n) is 1.14. The molecule has 0 saturated carbocycles. The van der Waals surface area contributed by atoms with E-state index in [0.717, 1.165) is 16.9 Å². The molecule has 0 atom stereocenters. The SMILES string of the molecule is CCOc1ccc(/C=N/O)cc1C. The molecule has 0 amide bonds. The highest BCUT2D eigenvalue weighted by atomic mass is 16.5. The number of benzene rings is 1. The summed E-state index contributed by atoms with van der Waals surface area (Å²) < 4.78 is 5.36. The number of rotatable bonds is 3. The Morgan fingerprint density at radius 2 is 2.31 bits per heavy atom. The summed E-state index contributed by atoms with van der Waals surface area (Å²) in [6.07, 6.45) is 1.39. The Hall–Kier alpha value is -1.51. The molecule has 13 heavy (non-hydrogen) atoms. The lowest BCUT2D eigenvalue weighted by Gasteiger charge is -2.06. The molecule has 0 aliphatic heterocycles. The first-order chi connectivity index (χ1) is 6.27. The van der Waals surface area contributed by atoms with Gasteiger partial charge in [-0.3, -0.25) is 0 Å². The molecule has 0 saturated heterocycles. The van der Waals surface area contributed by atoms with E-state index in [0.29, 0.717) is 6.61 Å². The number of ether oxygens (including phenoxy) is 1. The zero-order chi connectivity index (χ0) is 9.68. The zero-order valence-corrected chi connectivity index (χ0v) is 7.82. The van der Waals surface area contributed by atoms with Gasteiger partial charge in [-0.1, -0.05) is 5.16 Å². The number of nitrogens with zero attached hydrogens (tertiary/aromatic N) is 1. The average molecular weight is 179 g/mol.